The molecule has 0 aliphatic heterocycles. The van der Waals surface area contributed by atoms with Gasteiger partial charge in [-0.2, -0.15) is 0 Å². The molecule has 4 nitrogen and oxygen atoms in total. The van der Waals surface area contributed by atoms with Gasteiger partial charge in [-0.05, 0) is 12.1 Å². The average Bonchev–Trinajstić information content (AvgIpc) is 2.20. The number of aromatic amines is 1. The third kappa shape index (κ3) is 1.46. The molecule has 0 fully saturated rings. The number of nitrogens with one attached hydrogen (secondary N) is 1. The molecular weight excluding hydrogens is 166 g/mol. The largest absolute Gasteiger partial charge is 0.326 e. The van der Waals surface area contributed by atoms with E-state index < -0.39 is 0 Å². The van der Waals surface area contributed by atoms with Gasteiger partial charge in [0.1, 0.15) is 0 Å². The molecule has 2 rings (SSSR count). The second-order valence-corrected chi connectivity index (χ2v) is 2.48. The van der Waals surface area contributed by atoms with Crippen molar-refractivity contribution in [3.63, 3.8) is 0 Å². The molecule has 1 N–H and O–H groups in total. The minimum Gasteiger partial charge on any atom is -0.326 e. The minimum absolute atomic E-state index is 0.221. The van der Waals surface area contributed by atoms with Gasteiger partial charge in [0.2, 0.25) is 0 Å². The molecule has 0 saturated carbocycles. The lowest BCUT2D eigenvalue weighted by molar-refractivity contribution is 1.12. The number of nitrogens with zero attached hydrogens (tertiary/aromatic N) is 2. The molecule has 2 aromatic rings. The minimum atomic E-state index is -0.221. The Hall–Kier alpha value is -1.97. The van der Waals surface area contributed by atoms with Crippen molar-refractivity contribution in [1.82, 2.24) is 15.0 Å². The molecule has 2 heterocycles. The van der Waals surface area contributed by atoms with Gasteiger partial charge < -0.3 is 4.98 Å². The van der Waals surface area contributed by atoms with Gasteiger partial charge in [-0.25, -0.2) is 4.98 Å². The van der Waals surface area contributed by atoms with Crippen molar-refractivity contribution >= 4 is 0 Å². The first kappa shape index (κ1) is 7.67. The number of hydrogen-bond acceptors (Lipinski definition) is 3. The molecule has 0 unspecified atom stereocenters. The van der Waals surface area contributed by atoms with Gasteiger partial charge in [-0.15, -0.1) is 0 Å². The summed E-state index contributed by atoms with van der Waals surface area (Å²) in [6, 6.07) is 5.36. The van der Waals surface area contributed by atoms with Gasteiger partial charge >= 0.3 is 0 Å². The summed E-state index contributed by atoms with van der Waals surface area (Å²) in [5, 5.41) is 0. The molecule has 64 valence electrons. The van der Waals surface area contributed by atoms with Crippen LogP contribution < -0.4 is 5.56 Å². The highest BCUT2D eigenvalue weighted by molar-refractivity contribution is 5.51. The van der Waals surface area contributed by atoms with E-state index in [9.17, 15) is 4.79 Å². The summed E-state index contributed by atoms with van der Waals surface area (Å²) >= 11 is 0. The van der Waals surface area contributed by atoms with Crippen molar-refractivity contribution < 1.29 is 0 Å². The predicted octanol–water partition coefficient (Wildman–Crippen LogP) is 0.832. The average molecular weight is 173 g/mol. The molecule has 0 aromatic carbocycles. The third-order valence-corrected chi connectivity index (χ3v) is 1.62. The van der Waals surface area contributed by atoms with Crippen LogP contribution >= 0.6 is 0 Å². The lowest BCUT2D eigenvalue weighted by Crippen LogP contribution is -2.10. The van der Waals surface area contributed by atoms with Crippen molar-refractivity contribution in [2.75, 3.05) is 0 Å². The maximum absolute atomic E-state index is 11.3. The highest BCUT2D eigenvalue weighted by atomic mass is 16.1. The standard InChI is InChI=1S/C9H7N3O/c13-9-8(11-5-6-12-9)7-3-1-2-4-10-7/h1-6H,(H,12,13). The summed E-state index contributed by atoms with van der Waals surface area (Å²) < 4.78 is 0. The van der Waals surface area contributed by atoms with Gasteiger partial charge in [-0.3, -0.25) is 9.78 Å². The molecule has 2 aromatic heterocycles. The number of pyridine rings is 1. The SMILES string of the molecule is O=c1[nH]ccnc1-c1ccccn1. The van der Waals surface area contributed by atoms with Gasteiger partial charge in [0.05, 0.1) is 5.69 Å². The zero-order valence-corrected chi connectivity index (χ0v) is 6.77. The summed E-state index contributed by atoms with van der Waals surface area (Å²) in [6.45, 7) is 0. The van der Waals surface area contributed by atoms with Crippen LogP contribution in [0, 0.1) is 0 Å². The van der Waals surface area contributed by atoms with Crippen LogP contribution in [0.15, 0.2) is 41.6 Å². The third-order valence-electron chi connectivity index (χ3n) is 1.62. The normalized spacial score (nSPS) is 9.85. The number of hydrogen-bond donors (Lipinski definition) is 1. The summed E-state index contributed by atoms with van der Waals surface area (Å²) in [4.78, 5) is 21.8. The van der Waals surface area contributed by atoms with Crippen molar-refractivity contribution in [3.05, 3.63) is 47.1 Å². The Morgan fingerprint density at radius 2 is 2.08 bits per heavy atom. The van der Waals surface area contributed by atoms with E-state index in [1.54, 1.807) is 18.3 Å². The molecule has 0 saturated heterocycles. The van der Waals surface area contributed by atoms with E-state index in [1.807, 2.05) is 6.07 Å². The van der Waals surface area contributed by atoms with E-state index in [1.165, 1.54) is 12.4 Å². The van der Waals surface area contributed by atoms with Gasteiger partial charge in [0.25, 0.3) is 5.56 Å². The highest BCUT2D eigenvalue weighted by Crippen LogP contribution is 2.05. The molecule has 0 spiro atoms. The van der Waals surface area contributed by atoms with Crippen molar-refractivity contribution in [3.8, 4) is 11.4 Å². The molecule has 0 aliphatic carbocycles. The van der Waals surface area contributed by atoms with Crippen molar-refractivity contribution in [1.29, 1.82) is 0 Å². The van der Waals surface area contributed by atoms with Gasteiger partial charge in [0.15, 0.2) is 5.69 Å². The number of rotatable bonds is 1. The first-order chi connectivity index (χ1) is 6.38. The second kappa shape index (κ2) is 3.18. The lowest BCUT2D eigenvalue weighted by Gasteiger charge is -1.95. The Morgan fingerprint density at radius 3 is 2.77 bits per heavy atom. The monoisotopic (exact) mass is 173 g/mol. The Kier molecular flexibility index (Phi) is 1.88. The topological polar surface area (TPSA) is 58.6 Å². The Balaban J connectivity index is 2.60. The second-order valence-electron chi connectivity index (χ2n) is 2.48. The van der Waals surface area contributed by atoms with Crippen LogP contribution in [-0.2, 0) is 0 Å². The molecule has 13 heavy (non-hydrogen) atoms. The van der Waals surface area contributed by atoms with Crippen LogP contribution in [0.1, 0.15) is 0 Å². The first-order valence-electron chi connectivity index (χ1n) is 3.83. The van der Waals surface area contributed by atoms with Crippen LogP contribution in [0.3, 0.4) is 0 Å². The number of aromatic nitrogens is 3. The molecule has 0 aliphatic rings. The molecule has 0 radical (unpaired) electrons. The fourth-order valence-corrected chi connectivity index (χ4v) is 1.04. The lowest BCUT2D eigenvalue weighted by atomic mass is 10.3. The zero-order valence-electron chi connectivity index (χ0n) is 6.77. The van der Waals surface area contributed by atoms with E-state index in [-0.39, 0.29) is 5.56 Å². The smallest absolute Gasteiger partial charge is 0.276 e. The summed E-state index contributed by atoms with van der Waals surface area (Å²) in [7, 11) is 0. The van der Waals surface area contributed by atoms with Crippen LogP contribution in [-0.4, -0.2) is 15.0 Å². The van der Waals surface area contributed by atoms with Gasteiger partial charge in [-0.1, -0.05) is 6.07 Å². The molecule has 4 heteroatoms. The predicted molar refractivity (Wildman–Crippen MR) is 48.1 cm³/mol. The van der Waals surface area contributed by atoms with E-state index >= 15 is 0 Å². The van der Waals surface area contributed by atoms with Crippen molar-refractivity contribution in [2.45, 2.75) is 0 Å². The Labute approximate surface area is 74.3 Å². The molecule has 0 amide bonds. The van der Waals surface area contributed by atoms with E-state index in [0.29, 0.717) is 11.4 Å². The molecule has 0 bridgehead atoms. The van der Waals surface area contributed by atoms with E-state index in [4.69, 9.17) is 0 Å². The summed E-state index contributed by atoms with van der Waals surface area (Å²) in [5.74, 6) is 0. The van der Waals surface area contributed by atoms with E-state index in [2.05, 4.69) is 15.0 Å². The maximum Gasteiger partial charge on any atom is 0.276 e. The molecular formula is C9H7N3O. The molecule has 0 atom stereocenters. The van der Waals surface area contributed by atoms with Crippen LogP contribution in [0.2, 0.25) is 0 Å². The Bertz CT molecular complexity index is 450. The number of H-pyrrole nitrogens is 1. The quantitative estimate of drug-likeness (QED) is 0.694. The summed E-state index contributed by atoms with van der Waals surface area (Å²) in [6.07, 6.45) is 4.66. The van der Waals surface area contributed by atoms with Crippen molar-refractivity contribution in [2.24, 2.45) is 0 Å². The Morgan fingerprint density at radius 1 is 1.15 bits per heavy atom. The highest BCUT2D eigenvalue weighted by Gasteiger charge is 2.02. The first-order valence-corrected chi connectivity index (χ1v) is 3.83. The van der Waals surface area contributed by atoms with Crippen LogP contribution in [0.25, 0.3) is 11.4 Å². The fraction of sp³-hybridized carbons (Fsp3) is 0. The zero-order chi connectivity index (χ0) is 9.10. The van der Waals surface area contributed by atoms with E-state index in [0.717, 1.165) is 0 Å². The fourth-order valence-electron chi connectivity index (χ4n) is 1.04. The van der Waals surface area contributed by atoms with Crippen LogP contribution in [0.4, 0.5) is 0 Å². The van der Waals surface area contributed by atoms with Crippen LogP contribution in [0.5, 0.6) is 0 Å². The summed E-state index contributed by atoms with van der Waals surface area (Å²) in [5.41, 5.74) is 0.716. The van der Waals surface area contributed by atoms with Gasteiger partial charge in [0, 0.05) is 18.6 Å². The maximum atomic E-state index is 11.3.